The Morgan fingerprint density at radius 3 is 2.58 bits per heavy atom. The topological polar surface area (TPSA) is 28.2 Å². The van der Waals surface area contributed by atoms with Crippen molar-refractivity contribution in [2.75, 3.05) is 19.0 Å². The van der Waals surface area contributed by atoms with Crippen LogP contribution >= 0.6 is 11.3 Å². The average molecular weight is 281 g/mol. The van der Waals surface area contributed by atoms with Crippen molar-refractivity contribution in [1.29, 1.82) is 0 Å². The molecule has 0 aliphatic heterocycles. The Labute approximate surface area is 121 Å². The van der Waals surface area contributed by atoms with Crippen molar-refractivity contribution in [3.8, 4) is 0 Å². The molecule has 0 atom stereocenters. The normalized spacial score (nSPS) is 17.1. The van der Waals surface area contributed by atoms with Crippen LogP contribution in [0.4, 0.5) is 5.13 Å². The molecule has 0 aromatic carbocycles. The van der Waals surface area contributed by atoms with Gasteiger partial charge in [0.25, 0.3) is 0 Å². The van der Waals surface area contributed by atoms with Gasteiger partial charge >= 0.3 is 0 Å². The molecule has 1 heterocycles. The van der Waals surface area contributed by atoms with E-state index in [-0.39, 0.29) is 0 Å². The molecule has 0 bridgehead atoms. The molecule has 4 heteroatoms. The number of thiazole rings is 1. The number of anilines is 1. The predicted octanol–water partition coefficient (Wildman–Crippen LogP) is 3.75. The van der Waals surface area contributed by atoms with Crippen LogP contribution in [0.25, 0.3) is 0 Å². The highest BCUT2D eigenvalue weighted by atomic mass is 32.1. The molecule has 1 aliphatic rings. The van der Waals surface area contributed by atoms with Crippen molar-refractivity contribution in [3.63, 3.8) is 0 Å². The van der Waals surface area contributed by atoms with E-state index >= 15 is 0 Å². The van der Waals surface area contributed by atoms with E-state index in [1.165, 1.54) is 47.8 Å². The fraction of sp³-hybridized carbons (Fsp3) is 0.800. The van der Waals surface area contributed by atoms with Crippen LogP contribution in [0.5, 0.6) is 0 Å². The van der Waals surface area contributed by atoms with Gasteiger partial charge in [0.15, 0.2) is 5.13 Å². The van der Waals surface area contributed by atoms with Gasteiger partial charge in [-0.1, -0.05) is 33.1 Å². The van der Waals surface area contributed by atoms with E-state index in [9.17, 15) is 0 Å². The first-order valence-corrected chi connectivity index (χ1v) is 8.32. The molecule has 1 N–H and O–H groups in total. The fourth-order valence-electron chi connectivity index (χ4n) is 2.86. The van der Waals surface area contributed by atoms with Crippen LogP contribution in [-0.2, 0) is 6.54 Å². The second kappa shape index (κ2) is 6.71. The maximum absolute atomic E-state index is 4.91. The van der Waals surface area contributed by atoms with E-state index in [4.69, 9.17) is 4.98 Å². The van der Waals surface area contributed by atoms with Gasteiger partial charge in [-0.15, -0.1) is 11.3 Å². The summed E-state index contributed by atoms with van der Waals surface area (Å²) >= 11 is 1.87. The molecule has 1 fully saturated rings. The van der Waals surface area contributed by atoms with Gasteiger partial charge in [-0.3, -0.25) is 0 Å². The van der Waals surface area contributed by atoms with Crippen LogP contribution < -0.4 is 10.2 Å². The molecule has 1 saturated carbocycles. The summed E-state index contributed by atoms with van der Waals surface area (Å²) in [5, 5.41) is 4.47. The van der Waals surface area contributed by atoms with Crippen LogP contribution in [0.2, 0.25) is 0 Å². The van der Waals surface area contributed by atoms with Gasteiger partial charge in [-0.2, -0.15) is 0 Å². The summed E-state index contributed by atoms with van der Waals surface area (Å²) in [6.07, 6.45) is 6.81. The Bertz CT molecular complexity index is 394. The minimum atomic E-state index is 0.508. The second-order valence-corrected chi connectivity index (χ2v) is 6.95. The summed E-state index contributed by atoms with van der Waals surface area (Å²) in [5.74, 6) is 0.508. The van der Waals surface area contributed by atoms with Crippen molar-refractivity contribution >= 4 is 16.5 Å². The number of rotatable bonds is 5. The molecule has 2 rings (SSSR count). The predicted molar refractivity (Wildman–Crippen MR) is 84.2 cm³/mol. The fourth-order valence-corrected chi connectivity index (χ4v) is 4.12. The van der Waals surface area contributed by atoms with E-state index in [1.807, 2.05) is 18.4 Å². The first-order valence-electron chi connectivity index (χ1n) is 7.50. The zero-order chi connectivity index (χ0) is 13.8. The number of hydrogen-bond acceptors (Lipinski definition) is 4. The molecule has 0 spiro atoms. The van der Waals surface area contributed by atoms with Crippen molar-refractivity contribution in [2.24, 2.45) is 0 Å². The largest absolute Gasteiger partial charge is 0.348 e. The lowest BCUT2D eigenvalue weighted by atomic mass is 9.95. The summed E-state index contributed by atoms with van der Waals surface area (Å²) in [7, 11) is 4.23. The van der Waals surface area contributed by atoms with Crippen molar-refractivity contribution in [3.05, 3.63) is 10.6 Å². The van der Waals surface area contributed by atoms with Crippen LogP contribution in [0.3, 0.4) is 0 Å². The van der Waals surface area contributed by atoms with Crippen LogP contribution in [-0.4, -0.2) is 25.1 Å². The summed E-state index contributed by atoms with van der Waals surface area (Å²) in [5.41, 5.74) is 1.28. The smallest absolute Gasteiger partial charge is 0.185 e. The van der Waals surface area contributed by atoms with Crippen molar-refractivity contribution < 1.29 is 0 Å². The Morgan fingerprint density at radius 2 is 2.00 bits per heavy atom. The Morgan fingerprint density at radius 1 is 1.32 bits per heavy atom. The molecule has 1 aliphatic carbocycles. The minimum Gasteiger partial charge on any atom is -0.348 e. The third-order valence-corrected chi connectivity index (χ3v) is 5.19. The first-order chi connectivity index (χ1) is 9.13. The highest BCUT2D eigenvalue weighted by molar-refractivity contribution is 7.15. The average Bonchev–Trinajstić information content (AvgIpc) is 2.83. The number of nitrogens with zero attached hydrogens (tertiary/aromatic N) is 2. The first kappa shape index (κ1) is 14.8. The molecule has 0 amide bonds. The lowest BCUT2D eigenvalue weighted by Gasteiger charge is -2.30. The Kier molecular flexibility index (Phi) is 5.22. The number of hydrogen-bond donors (Lipinski definition) is 1. The van der Waals surface area contributed by atoms with Crippen molar-refractivity contribution in [1.82, 2.24) is 10.3 Å². The molecule has 108 valence electrons. The molecule has 1 aromatic rings. The number of nitrogens with one attached hydrogen (secondary N) is 1. The zero-order valence-electron chi connectivity index (χ0n) is 12.7. The molecule has 3 nitrogen and oxygen atoms in total. The van der Waals surface area contributed by atoms with E-state index in [0.29, 0.717) is 12.0 Å². The van der Waals surface area contributed by atoms with Crippen molar-refractivity contribution in [2.45, 2.75) is 64.5 Å². The number of aromatic nitrogens is 1. The van der Waals surface area contributed by atoms with Gasteiger partial charge < -0.3 is 10.2 Å². The van der Waals surface area contributed by atoms with Gasteiger partial charge in [-0.25, -0.2) is 4.98 Å². The lowest BCUT2D eigenvalue weighted by molar-refractivity contribution is 0.427. The third-order valence-electron chi connectivity index (χ3n) is 4.02. The van der Waals surface area contributed by atoms with Crippen LogP contribution in [0.15, 0.2) is 0 Å². The third kappa shape index (κ3) is 3.48. The van der Waals surface area contributed by atoms with Gasteiger partial charge in [0.1, 0.15) is 0 Å². The summed E-state index contributed by atoms with van der Waals surface area (Å²) in [6.45, 7) is 5.40. The van der Waals surface area contributed by atoms with Gasteiger partial charge in [0.2, 0.25) is 0 Å². The quantitative estimate of drug-likeness (QED) is 0.891. The zero-order valence-corrected chi connectivity index (χ0v) is 13.5. The maximum atomic E-state index is 4.91. The molecular formula is C15H27N3S. The van der Waals surface area contributed by atoms with E-state index < -0.39 is 0 Å². The molecule has 19 heavy (non-hydrogen) atoms. The standard InChI is InChI=1S/C15H27N3S/c1-11(2)14-13(10-16-3)19-15(17-14)18(4)12-8-6-5-7-9-12/h11-12,16H,5-10H2,1-4H3. The molecule has 1 aromatic heterocycles. The van der Waals surface area contributed by atoms with E-state index in [1.54, 1.807) is 0 Å². The summed E-state index contributed by atoms with van der Waals surface area (Å²) in [6, 6.07) is 0.697. The monoisotopic (exact) mass is 281 g/mol. The second-order valence-electron chi connectivity index (χ2n) is 5.89. The lowest BCUT2D eigenvalue weighted by Crippen LogP contribution is -2.33. The Hall–Kier alpha value is -0.610. The van der Waals surface area contributed by atoms with E-state index in [0.717, 1.165) is 6.54 Å². The summed E-state index contributed by atoms with van der Waals surface area (Å²) < 4.78 is 0. The van der Waals surface area contributed by atoms with Gasteiger partial charge in [0, 0.05) is 24.5 Å². The Balaban J connectivity index is 2.16. The van der Waals surface area contributed by atoms with Gasteiger partial charge in [-0.05, 0) is 25.8 Å². The molecular weight excluding hydrogens is 254 g/mol. The maximum Gasteiger partial charge on any atom is 0.185 e. The highest BCUT2D eigenvalue weighted by Crippen LogP contribution is 2.33. The van der Waals surface area contributed by atoms with Crippen LogP contribution in [0, 0.1) is 0 Å². The van der Waals surface area contributed by atoms with Gasteiger partial charge in [0.05, 0.1) is 5.69 Å². The molecule has 0 unspecified atom stereocenters. The van der Waals surface area contributed by atoms with E-state index in [2.05, 4.69) is 31.1 Å². The van der Waals surface area contributed by atoms with Crippen LogP contribution in [0.1, 0.15) is 62.4 Å². The SMILES string of the molecule is CNCc1sc(N(C)C2CCCCC2)nc1C(C)C. The highest BCUT2D eigenvalue weighted by Gasteiger charge is 2.22. The minimum absolute atomic E-state index is 0.508. The summed E-state index contributed by atoms with van der Waals surface area (Å²) in [4.78, 5) is 8.73. The molecule has 0 saturated heterocycles. The molecule has 0 radical (unpaired) electrons.